The Labute approximate surface area is 148 Å². The molecule has 1 aromatic rings. The molecule has 1 aromatic carbocycles. The lowest BCUT2D eigenvalue weighted by Gasteiger charge is -2.20. The van der Waals surface area contributed by atoms with Crippen LogP contribution in [0.1, 0.15) is 43.1 Å². The first kappa shape index (κ1) is 19.9. The lowest BCUT2D eigenvalue weighted by Crippen LogP contribution is -2.41. The molecule has 1 aliphatic rings. The van der Waals surface area contributed by atoms with E-state index < -0.39 is 37.5 Å². The number of carbonyl (C=O) groups excluding carboxylic acids is 1. The van der Waals surface area contributed by atoms with Gasteiger partial charge in [0.05, 0.1) is 22.8 Å². The summed E-state index contributed by atoms with van der Waals surface area (Å²) >= 11 is 0. The van der Waals surface area contributed by atoms with Crippen molar-refractivity contribution < 1.29 is 26.4 Å². The quantitative estimate of drug-likeness (QED) is 0.760. The lowest BCUT2D eigenvalue weighted by atomic mass is 10.1. The lowest BCUT2D eigenvalue weighted by molar-refractivity contribution is 0.0356. The number of carbonyl (C=O) groups is 1. The Morgan fingerprint density at radius 3 is 2.56 bits per heavy atom. The summed E-state index contributed by atoms with van der Waals surface area (Å²) in [4.78, 5) is 12.2. The molecule has 0 spiro atoms. The molecular weight excluding hydrogens is 366 g/mol. The zero-order valence-electron chi connectivity index (χ0n) is 14.5. The van der Waals surface area contributed by atoms with E-state index in [-0.39, 0.29) is 29.2 Å². The minimum Gasteiger partial charge on any atom is -0.458 e. The van der Waals surface area contributed by atoms with Crippen molar-refractivity contribution in [2.45, 2.75) is 44.6 Å². The van der Waals surface area contributed by atoms with Gasteiger partial charge in [-0.25, -0.2) is 26.4 Å². The maximum Gasteiger partial charge on any atom is 0.338 e. The van der Waals surface area contributed by atoms with E-state index in [1.807, 2.05) is 0 Å². The average molecular weight is 389 g/mol. The molecule has 0 radical (unpaired) electrons. The highest BCUT2D eigenvalue weighted by Crippen LogP contribution is 2.18. The minimum absolute atomic E-state index is 0.0156. The van der Waals surface area contributed by atoms with E-state index in [1.165, 1.54) is 12.1 Å². The van der Waals surface area contributed by atoms with Crippen LogP contribution in [-0.2, 0) is 30.4 Å². The highest BCUT2D eigenvalue weighted by atomic mass is 32.2. The number of sulfone groups is 1. The second-order valence-corrected chi connectivity index (χ2v) is 11.2. The molecule has 9 heteroatoms. The van der Waals surface area contributed by atoms with Crippen LogP contribution in [0.3, 0.4) is 0 Å². The summed E-state index contributed by atoms with van der Waals surface area (Å²) < 4.78 is 54.9. The van der Waals surface area contributed by atoms with Gasteiger partial charge in [-0.3, -0.25) is 0 Å². The summed E-state index contributed by atoms with van der Waals surface area (Å²) in [6.07, 6.45) is -0.357. The molecule has 1 aliphatic heterocycles. The molecule has 0 amide bonds. The molecule has 1 atom stereocenters. The smallest absolute Gasteiger partial charge is 0.338 e. The molecule has 0 aromatic heterocycles. The fraction of sp³-hybridized carbons (Fsp3) is 0.562. The molecule has 1 N–H and O–H groups in total. The normalized spacial score (nSPS) is 20.4. The van der Waals surface area contributed by atoms with E-state index in [4.69, 9.17) is 4.74 Å². The Morgan fingerprint density at radius 1 is 1.32 bits per heavy atom. The monoisotopic (exact) mass is 389 g/mol. The van der Waals surface area contributed by atoms with Gasteiger partial charge in [0.25, 0.3) is 0 Å². The first-order valence-electron chi connectivity index (χ1n) is 7.87. The number of esters is 1. The summed E-state index contributed by atoms with van der Waals surface area (Å²) in [6, 6.07) is 6.15. The predicted octanol–water partition coefficient (Wildman–Crippen LogP) is 1.25. The van der Waals surface area contributed by atoms with E-state index in [9.17, 15) is 21.6 Å². The summed E-state index contributed by atoms with van der Waals surface area (Å²) in [5.41, 5.74) is 0.0570. The number of nitrogens with one attached hydrogen (secondary N) is 1. The largest absolute Gasteiger partial charge is 0.458 e. The van der Waals surface area contributed by atoms with Crippen molar-refractivity contribution in [1.29, 1.82) is 0 Å². The van der Waals surface area contributed by atoms with Crippen LogP contribution in [0.15, 0.2) is 24.3 Å². The minimum atomic E-state index is -3.55. The van der Waals surface area contributed by atoms with Crippen LogP contribution in [0.5, 0.6) is 0 Å². The van der Waals surface area contributed by atoms with E-state index >= 15 is 0 Å². The first-order chi connectivity index (χ1) is 11.4. The molecule has 7 nitrogen and oxygen atoms in total. The highest BCUT2D eigenvalue weighted by molar-refractivity contribution is 7.91. The molecule has 0 saturated carbocycles. The van der Waals surface area contributed by atoms with Crippen molar-refractivity contribution in [3.63, 3.8) is 0 Å². The predicted molar refractivity (Wildman–Crippen MR) is 94.4 cm³/mol. The molecule has 0 unspecified atom stereocenters. The van der Waals surface area contributed by atoms with Crippen molar-refractivity contribution in [3.05, 3.63) is 35.4 Å². The molecule has 140 valence electrons. The summed E-state index contributed by atoms with van der Waals surface area (Å²) in [6.45, 7) is 5.23. The van der Waals surface area contributed by atoms with Crippen molar-refractivity contribution in [2.75, 3.05) is 11.5 Å². The van der Waals surface area contributed by atoms with Crippen LogP contribution in [-0.4, -0.2) is 46.0 Å². The third-order valence-electron chi connectivity index (χ3n) is 3.45. The number of sulfonamides is 1. The Hall–Kier alpha value is -1.45. The van der Waals surface area contributed by atoms with Gasteiger partial charge in [0.1, 0.15) is 6.10 Å². The Morgan fingerprint density at radius 2 is 2.00 bits per heavy atom. The standard InChI is InChI=1S/C16H23NO6S2/c1-16(2,3)17-25(21,22)10-12-5-4-6-13(9-12)15(18)23-14-7-8-24(19,20)11-14/h4-6,9,14,17H,7-8,10-11H2,1-3H3/t14-/m0/s1. The van der Waals surface area contributed by atoms with Crippen LogP contribution >= 0.6 is 0 Å². The molecule has 25 heavy (non-hydrogen) atoms. The van der Waals surface area contributed by atoms with Gasteiger partial charge in [-0.1, -0.05) is 12.1 Å². The van der Waals surface area contributed by atoms with Gasteiger partial charge in [0, 0.05) is 5.54 Å². The first-order valence-corrected chi connectivity index (χ1v) is 11.3. The SMILES string of the molecule is CC(C)(C)NS(=O)(=O)Cc1cccc(C(=O)O[C@H]2CCS(=O)(=O)C2)c1. The fourth-order valence-corrected chi connectivity index (χ4v) is 5.80. The number of rotatable bonds is 5. The third-order valence-corrected chi connectivity index (χ3v) is 6.82. The van der Waals surface area contributed by atoms with Crippen LogP contribution < -0.4 is 4.72 Å². The summed E-state index contributed by atoms with van der Waals surface area (Å²) in [5, 5.41) is 0. The van der Waals surface area contributed by atoms with Crippen LogP contribution in [0.25, 0.3) is 0 Å². The molecule has 0 bridgehead atoms. The molecule has 2 rings (SSSR count). The molecule has 0 aliphatic carbocycles. The Bertz CT molecular complexity index is 853. The number of hydrogen-bond donors (Lipinski definition) is 1. The maximum absolute atomic E-state index is 12.2. The van der Waals surface area contributed by atoms with E-state index in [2.05, 4.69) is 4.72 Å². The second kappa shape index (κ2) is 7.05. The molecular formula is C16H23NO6S2. The van der Waals surface area contributed by atoms with Gasteiger partial charge in [-0.2, -0.15) is 0 Å². The van der Waals surface area contributed by atoms with Crippen molar-refractivity contribution in [3.8, 4) is 0 Å². The zero-order valence-corrected chi connectivity index (χ0v) is 16.1. The number of benzene rings is 1. The van der Waals surface area contributed by atoms with E-state index in [0.29, 0.717) is 5.56 Å². The van der Waals surface area contributed by atoms with Gasteiger partial charge in [-0.05, 0) is 44.9 Å². The molecule has 1 heterocycles. The van der Waals surface area contributed by atoms with Crippen molar-refractivity contribution in [1.82, 2.24) is 4.72 Å². The zero-order chi connectivity index (χ0) is 18.9. The second-order valence-electron chi connectivity index (χ2n) is 7.24. The Kier molecular flexibility index (Phi) is 5.60. The van der Waals surface area contributed by atoms with Crippen LogP contribution in [0.2, 0.25) is 0 Å². The number of hydrogen-bond acceptors (Lipinski definition) is 6. The topological polar surface area (TPSA) is 107 Å². The van der Waals surface area contributed by atoms with Crippen molar-refractivity contribution >= 4 is 25.8 Å². The summed E-state index contributed by atoms with van der Waals surface area (Å²) in [7, 11) is -6.69. The van der Waals surface area contributed by atoms with E-state index in [1.54, 1.807) is 32.9 Å². The van der Waals surface area contributed by atoms with Gasteiger partial charge in [0.2, 0.25) is 10.0 Å². The van der Waals surface area contributed by atoms with Crippen LogP contribution in [0.4, 0.5) is 0 Å². The van der Waals surface area contributed by atoms with Crippen LogP contribution in [0, 0.1) is 0 Å². The molecule has 1 fully saturated rings. The Balaban J connectivity index is 2.07. The van der Waals surface area contributed by atoms with E-state index in [0.717, 1.165) is 0 Å². The summed E-state index contributed by atoms with van der Waals surface area (Å²) in [5.74, 6) is -1.06. The average Bonchev–Trinajstić information content (AvgIpc) is 2.74. The van der Waals surface area contributed by atoms with Gasteiger partial charge >= 0.3 is 5.97 Å². The van der Waals surface area contributed by atoms with Crippen molar-refractivity contribution in [2.24, 2.45) is 0 Å². The fourth-order valence-electron chi connectivity index (χ4n) is 2.58. The maximum atomic E-state index is 12.2. The van der Waals surface area contributed by atoms with Gasteiger partial charge in [0.15, 0.2) is 9.84 Å². The highest BCUT2D eigenvalue weighted by Gasteiger charge is 2.31. The molecule has 1 saturated heterocycles. The number of ether oxygens (including phenoxy) is 1. The van der Waals surface area contributed by atoms with Gasteiger partial charge in [-0.15, -0.1) is 0 Å². The third kappa shape index (κ3) is 6.41. The van der Waals surface area contributed by atoms with Gasteiger partial charge < -0.3 is 4.74 Å².